The van der Waals surface area contributed by atoms with Gasteiger partial charge in [0.05, 0.1) is 0 Å². The van der Waals surface area contributed by atoms with Gasteiger partial charge in [0.15, 0.2) is 0 Å². The summed E-state index contributed by atoms with van der Waals surface area (Å²) in [5.74, 6) is 0.841. The Labute approximate surface area is 54.3 Å². The smallest absolute Gasteiger partial charge is 0.418 e. The normalized spacial score (nSPS) is 9.38. The largest absolute Gasteiger partial charge is 0.525 e. The minimum Gasteiger partial charge on any atom is -0.418 e. The second-order valence-corrected chi connectivity index (χ2v) is 2.71. The van der Waals surface area contributed by atoms with Crippen LogP contribution in [0.5, 0.6) is 0 Å². The van der Waals surface area contributed by atoms with E-state index in [2.05, 4.69) is 6.92 Å². The number of hydrogen-bond donors (Lipinski definition) is 2. The highest BCUT2D eigenvalue weighted by Crippen LogP contribution is 2.03. The summed E-state index contributed by atoms with van der Waals surface area (Å²) in [6.45, 7) is 2.07. The predicted octanol–water partition coefficient (Wildman–Crippen LogP) is 0.489. The van der Waals surface area contributed by atoms with Gasteiger partial charge >= 0.3 is 6.40 Å². The summed E-state index contributed by atoms with van der Waals surface area (Å²) in [5, 5.41) is 16.6. The molecule has 0 aromatic rings. The van der Waals surface area contributed by atoms with E-state index in [1.807, 2.05) is 0 Å². The molecule has 0 fully saturated rings. The molecule has 0 aliphatic rings. The maximum atomic E-state index is 8.30. The molecule has 4 heteroatoms. The summed E-state index contributed by atoms with van der Waals surface area (Å²) >= 11 is 1.17. The summed E-state index contributed by atoms with van der Waals surface area (Å²) < 4.78 is 0. The summed E-state index contributed by atoms with van der Waals surface area (Å²) in [6, 6.07) is 0. The fraction of sp³-hybridized carbons (Fsp3) is 1.00. The second kappa shape index (κ2) is 5.47. The van der Waals surface area contributed by atoms with Crippen LogP contribution in [-0.2, 0) is 0 Å². The van der Waals surface area contributed by atoms with Gasteiger partial charge in [0.1, 0.15) is 0 Å². The maximum absolute atomic E-state index is 8.30. The van der Waals surface area contributed by atoms with Gasteiger partial charge in [0, 0.05) is 0 Å². The zero-order valence-corrected chi connectivity index (χ0v) is 5.82. The van der Waals surface area contributed by atoms with E-state index in [0.717, 1.165) is 18.6 Å². The first-order chi connectivity index (χ1) is 3.77. The molecular formula is C4H11BO2S. The van der Waals surface area contributed by atoms with Crippen molar-refractivity contribution in [3.63, 3.8) is 0 Å². The van der Waals surface area contributed by atoms with Gasteiger partial charge in [-0.25, -0.2) is 0 Å². The van der Waals surface area contributed by atoms with E-state index in [1.54, 1.807) is 0 Å². The van der Waals surface area contributed by atoms with Gasteiger partial charge in [-0.15, -0.1) is 11.6 Å². The lowest BCUT2D eigenvalue weighted by Gasteiger charge is -1.94. The molecule has 8 heavy (non-hydrogen) atoms. The van der Waals surface area contributed by atoms with Crippen LogP contribution in [0.2, 0.25) is 0 Å². The van der Waals surface area contributed by atoms with Crippen LogP contribution in [0.15, 0.2) is 0 Å². The predicted molar refractivity (Wildman–Crippen MR) is 37.6 cm³/mol. The van der Waals surface area contributed by atoms with Crippen molar-refractivity contribution < 1.29 is 10.0 Å². The molecule has 0 bridgehead atoms. The van der Waals surface area contributed by atoms with Crippen LogP contribution in [0, 0.1) is 0 Å². The Hall–Kier alpha value is 0.335. The molecule has 0 amide bonds. The van der Waals surface area contributed by atoms with Crippen molar-refractivity contribution in [2.45, 2.75) is 19.8 Å². The quantitative estimate of drug-likeness (QED) is 0.434. The third-order valence-electron chi connectivity index (χ3n) is 0.765. The topological polar surface area (TPSA) is 40.5 Å². The van der Waals surface area contributed by atoms with E-state index in [4.69, 9.17) is 10.0 Å². The summed E-state index contributed by atoms with van der Waals surface area (Å²) in [6.07, 6.45) is 0.990. The first-order valence-corrected chi connectivity index (χ1v) is 3.80. The Morgan fingerprint density at radius 2 is 2.12 bits per heavy atom. The highest BCUT2D eigenvalue weighted by molar-refractivity contribution is 8.23. The summed E-state index contributed by atoms with van der Waals surface area (Å²) in [5.41, 5.74) is 0. The van der Waals surface area contributed by atoms with Crippen molar-refractivity contribution in [2.75, 3.05) is 5.75 Å². The number of rotatable bonds is 4. The molecule has 0 atom stereocenters. The maximum Gasteiger partial charge on any atom is 0.525 e. The highest BCUT2D eigenvalue weighted by atomic mass is 32.2. The van der Waals surface area contributed by atoms with Gasteiger partial charge in [-0.2, -0.15) is 0 Å². The van der Waals surface area contributed by atoms with E-state index in [9.17, 15) is 0 Å². The molecular weight excluding hydrogens is 123 g/mol. The summed E-state index contributed by atoms with van der Waals surface area (Å²) in [7, 11) is 0. The Bertz CT molecular complexity index is 51.3. The van der Waals surface area contributed by atoms with Crippen LogP contribution in [-0.4, -0.2) is 22.2 Å². The molecule has 0 saturated heterocycles. The fourth-order valence-corrected chi connectivity index (χ4v) is 0.999. The third kappa shape index (κ3) is 6.33. The minimum absolute atomic E-state index is 0.841. The van der Waals surface area contributed by atoms with Gasteiger partial charge < -0.3 is 10.0 Å². The third-order valence-corrected chi connectivity index (χ3v) is 1.59. The first kappa shape index (κ1) is 8.33. The van der Waals surface area contributed by atoms with Gasteiger partial charge in [-0.3, -0.25) is 0 Å². The van der Waals surface area contributed by atoms with Gasteiger partial charge in [-0.05, 0) is 12.2 Å². The molecule has 0 aliphatic heterocycles. The monoisotopic (exact) mass is 134 g/mol. The van der Waals surface area contributed by atoms with Crippen LogP contribution in [0.25, 0.3) is 0 Å². The lowest BCUT2D eigenvalue weighted by molar-refractivity contribution is 0.438. The van der Waals surface area contributed by atoms with Crippen LogP contribution >= 0.6 is 11.6 Å². The summed E-state index contributed by atoms with van der Waals surface area (Å²) in [4.78, 5) is 0. The molecule has 0 aliphatic carbocycles. The van der Waals surface area contributed by atoms with Gasteiger partial charge in [-0.1, -0.05) is 13.3 Å². The minimum atomic E-state index is -1.18. The Kier molecular flexibility index (Phi) is 5.70. The second-order valence-electron chi connectivity index (χ2n) is 1.55. The standard InChI is InChI=1S/C4H11BO2S/c1-2-3-4-8-5(6)7/h6-7H,2-4H2,1H3. The highest BCUT2D eigenvalue weighted by Gasteiger charge is 2.04. The van der Waals surface area contributed by atoms with Crippen molar-refractivity contribution in [2.24, 2.45) is 0 Å². The van der Waals surface area contributed by atoms with Crippen LogP contribution in [0.1, 0.15) is 19.8 Å². The van der Waals surface area contributed by atoms with Crippen LogP contribution < -0.4 is 0 Å². The molecule has 48 valence electrons. The van der Waals surface area contributed by atoms with Crippen molar-refractivity contribution >= 4 is 18.0 Å². The van der Waals surface area contributed by atoms with Crippen molar-refractivity contribution in [1.29, 1.82) is 0 Å². The van der Waals surface area contributed by atoms with Gasteiger partial charge in [0.25, 0.3) is 0 Å². The average molecular weight is 134 g/mol. The molecule has 0 aromatic carbocycles. The van der Waals surface area contributed by atoms with Crippen LogP contribution in [0.3, 0.4) is 0 Å². The van der Waals surface area contributed by atoms with Crippen molar-refractivity contribution in [1.82, 2.24) is 0 Å². The average Bonchev–Trinajstić information content (AvgIpc) is 1.66. The first-order valence-electron chi connectivity index (χ1n) is 2.75. The van der Waals surface area contributed by atoms with Crippen molar-refractivity contribution in [3.05, 3.63) is 0 Å². The number of unbranched alkanes of at least 4 members (excludes halogenated alkanes) is 1. The lowest BCUT2D eigenvalue weighted by atomic mass is 10.4. The molecule has 0 unspecified atom stereocenters. The molecule has 0 rings (SSSR count). The van der Waals surface area contributed by atoms with E-state index in [1.165, 1.54) is 11.6 Å². The molecule has 0 spiro atoms. The molecule has 0 aromatic heterocycles. The molecule has 2 N–H and O–H groups in total. The molecule has 0 radical (unpaired) electrons. The van der Waals surface area contributed by atoms with Gasteiger partial charge in [0.2, 0.25) is 0 Å². The SMILES string of the molecule is CCCCSB(O)O. The zero-order chi connectivity index (χ0) is 6.41. The van der Waals surface area contributed by atoms with E-state index < -0.39 is 6.40 Å². The number of hydrogen-bond acceptors (Lipinski definition) is 3. The van der Waals surface area contributed by atoms with Crippen LogP contribution in [0.4, 0.5) is 0 Å². The fourth-order valence-electron chi connectivity index (χ4n) is 0.333. The Balaban J connectivity index is 2.72. The molecule has 0 heterocycles. The van der Waals surface area contributed by atoms with Crippen molar-refractivity contribution in [3.8, 4) is 0 Å². The Morgan fingerprint density at radius 3 is 2.50 bits per heavy atom. The van der Waals surface area contributed by atoms with E-state index >= 15 is 0 Å². The van der Waals surface area contributed by atoms with E-state index in [-0.39, 0.29) is 0 Å². The van der Waals surface area contributed by atoms with E-state index in [0.29, 0.717) is 0 Å². The molecule has 0 saturated carbocycles. The molecule has 2 nitrogen and oxygen atoms in total. The zero-order valence-electron chi connectivity index (χ0n) is 5.00. The lowest BCUT2D eigenvalue weighted by Crippen LogP contribution is -2.05. The Morgan fingerprint density at radius 1 is 1.50 bits per heavy atom.